The third-order valence-electron chi connectivity index (χ3n) is 21.2. The highest BCUT2D eigenvalue weighted by Crippen LogP contribution is 2.24. The van der Waals surface area contributed by atoms with Crippen LogP contribution in [0.2, 0.25) is 0 Å². The van der Waals surface area contributed by atoms with E-state index in [1.165, 1.54) is 366 Å². The lowest BCUT2D eigenvalue weighted by Crippen LogP contribution is -2.60. The van der Waals surface area contributed by atoms with Crippen molar-refractivity contribution in [1.82, 2.24) is 5.32 Å². The maximum atomic E-state index is 13.1. The van der Waals surface area contributed by atoms with Crippen LogP contribution in [0.15, 0.2) is 48.6 Å². The smallest absolute Gasteiger partial charge is 0.305 e. The predicted molar refractivity (Wildman–Crippen MR) is 430 cm³/mol. The summed E-state index contributed by atoms with van der Waals surface area (Å²) in [6.45, 7) is 4.40. The quantitative estimate of drug-likeness (QED) is 0.0195. The lowest BCUT2D eigenvalue weighted by molar-refractivity contribution is -0.302. The highest BCUT2D eigenvalue weighted by molar-refractivity contribution is 5.76. The Morgan fingerprint density at radius 2 is 0.673 bits per heavy atom. The zero-order chi connectivity index (χ0) is 72.9. The number of ether oxygens (including phenoxy) is 3. The van der Waals surface area contributed by atoms with Crippen LogP contribution in [-0.2, 0) is 23.8 Å². The van der Waals surface area contributed by atoms with Crippen molar-refractivity contribution >= 4 is 11.9 Å². The van der Waals surface area contributed by atoms with Crippen LogP contribution in [0.5, 0.6) is 0 Å². The first-order valence-electron chi connectivity index (χ1n) is 44.4. The van der Waals surface area contributed by atoms with Gasteiger partial charge in [0.15, 0.2) is 6.29 Å². The van der Waals surface area contributed by atoms with Crippen molar-refractivity contribution in [3.8, 4) is 0 Å². The van der Waals surface area contributed by atoms with Gasteiger partial charge in [-0.2, -0.15) is 0 Å². The van der Waals surface area contributed by atoms with Crippen molar-refractivity contribution in [3.05, 3.63) is 48.6 Å². The molecule has 11 heteroatoms. The van der Waals surface area contributed by atoms with Crippen molar-refractivity contribution in [2.45, 2.75) is 493 Å². The summed E-state index contributed by atoms with van der Waals surface area (Å²) in [5.41, 5.74) is 0. The van der Waals surface area contributed by atoms with Crippen LogP contribution < -0.4 is 5.32 Å². The number of esters is 1. The maximum Gasteiger partial charge on any atom is 0.305 e. The SMILES string of the molecule is CCCCCCCCCCC/C=C/CC/C=C/C(O)C(COC1OC(CO)C(O)C(O)C1O)NC(=O)CCCCCCCCCCCCCCCCCCC/C=C\C/C=C\CCCCCCCCCCCCCCCCCOC(=O)CCCCCCCCCCCCCCCCCCCCC. The van der Waals surface area contributed by atoms with E-state index in [9.17, 15) is 35.1 Å². The van der Waals surface area contributed by atoms with Crippen molar-refractivity contribution < 1.29 is 49.3 Å². The van der Waals surface area contributed by atoms with Gasteiger partial charge in [-0.25, -0.2) is 0 Å². The second kappa shape index (κ2) is 78.7. The summed E-state index contributed by atoms with van der Waals surface area (Å²) in [6.07, 6.45) is 96.0. The highest BCUT2D eigenvalue weighted by atomic mass is 16.7. The van der Waals surface area contributed by atoms with Gasteiger partial charge in [0.2, 0.25) is 5.91 Å². The third kappa shape index (κ3) is 66.8. The van der Waals surface area contributed by atoms with Gasteiger partial charge >= 0.3 is 5.97 Å². The van der Waals surface area contributed by atoms with E-state index in [-0.39, 0.29) is 18.5 Å². The minimum absolute atomic E-state index is 0.0201. The number of carbonyl (C=O) groups is 2. The molecule has 0 aliphatic carbocycles. The number of hydrogen-bond donors (Lipinski definition) is 6. The lowest BCUT2D eigenvalue weighted by Gasteiger charge is -2.40. The van der Waals surface area contributed by atoms with E-state index < -0.39 is 49.5 Å². The molecule has 1 aliphatic heterocycles. The highest BCUT2D eigenvalue weighted by Gasteiger charge is 2.44. The molecule has 7 unspecified atom stereocenters. The summed E-state index contributed by atoms with van der Waals surface area (Å²) in [6, 6.07) is -0.827. The molecule has 594 valence electrons. The van der Waals surface area contributed by atoms with Crippen LogP contribution in [-0.4, -0.2) is 100 Å². The van der Waals surface area contributed by atoms with Crippen molar-refractivity contribution in [2.75, 3.05) is 19.8 Å². The Labute approximate surface area is 625 Å². The number of hydrogen-bond acceptors (Lipinski definition) is 10. The van der Waals surface area contributed by atoms with Gasteiger partial charge in [-0.05, 0) is 77.0 Å². The Kier molecular flexibility index (Phi) is 75.3. The largest absolute Gasteiger partial charge is 0.466 e. The Balaban J connectivity index is 1.89. The molecular weight excluding hydrogens is 1250 g/mol. The number of aliphatic hydroxyl groups excluding tert-OH is 5. The van der Waals surface area contributed by atoms with Gasteiger partial charge in [-0.3, -0.25) is 9.59 Å². The summed E-state index contributed by atoms with van der Waals surface area (Å²) in [7, 11) is 0. The number of aliphatic hydroxyl groups is 5. The Hall–Kier alpha value is -2.38. The molecule has 0 aromatic rings. The minimum atomic E-state index is -1.58. The zero-order valence-corrected chi connectivity index (χ0v) is 66.6. The molecule has 0 spiro atoms. The molecule has 0 aromatic heterocycles. The fourth-order valence-electron chi connectivity index (χ4n) is 14.3. The van der Waals surface area contributed by atoms with E-state index in [4.69, 9.17) is 14.2 Å². The molecule has 6 N–H and O–H groups in total. The second-order valence-electron chi connectivity index (χ2n) is 30.9. The summed E-state index contributed by atoms with van der Waals surface area (Å²) in [4.78, 5) is 25.3. The van der Waals surface area contributed by atoms with E-state index >= 15 is 0 Å². The molecule has 0 saturated carbocycles. The van der Waals surface area contributed by atoms with E-state index in [0.29, 0.717) is 19.4 Å². The number of allylic oxidation sites excluding steroid dienone is 7. The number of carbonyl (C=O) groups excluding carboxylic acids is 2. The van der Waals surface area contributed by atoms with E-state index in [0.717, 1.165) is 57.8 Å². The molecule has 0 bridgehead atoms. The molecule has 1 fully saturated rings. The fraction of sp³-hybridized carbons (Fsp3) is 0.889. The Bertz CT molecular complexity index is 1820. The van der Waals surface area contributed by atoms with Crippen LogP contribution >= 0.6 is 0 Å². The van der Waals surface area contributed by atoms with Gasteiger partial charge in [-0.15, -0.1) is 0 Å². The molecule has 0 radical (unpaired) electrons. The number of rotatable bonds is 80. The zero-order valence-electron chi connectivity index (χ0n) is 66.6. The summed E-state index contributed by atoms with van der Waals surface area (Å²) >= 11 is 0. The summed E-state index contributed by atoms with van der Waals surface area (Å²) < 4.78 is 16.8. The predicted octanol–water partition coefficient (Wildman–Crippen LogP) is 25.0. The molecule has 1 aliphatic rings. The first kappa shape index (κ1) is 96.6. The molecular formula is C90H169NO10. The van der Waals surface area contributed by atoms with Crippen molar-refractivity contribution in [3.63, 3.8) is 0 Å². The third-order valence-corrected chi connectivity index (χ3v) is 21.2. The van der Waals surface area contributed by atoms with E-state index in [2.05, 4.69) is 55.6 Å². The van der Waals surface area contributed by atoms with Gasteiger partial charge in [-0.1, -0.05) is 409 Å². The van der Waals surface area contributed by atoms with Gasteiger partial charge in [0.1, 0.15) is 24.4 Å². The monoisotopic (exact) mass is 1420 g/mol. The number of nitrogens with one attached hydrogen (secondary N) is 1. The lowest BCUT2D eigenvalue weighted by atomic mass is 9.99. The van der Waals surface area contributed by atoms with Crippen LogP contribution in [0, 0.1) is 0 Å². The molecule has 101 heavy (non-hydrogen) atoms. The maximum absolute atomic E-state index is 13.1. The molecule has 11 nitrogen and oxygen atoms in total. The molecule has 1 rings (SSSR count). The van der Waals surface area contributed by atoms with Crippen LogP contribution in [0.25, 0.3) is 0 Å². The van der Waals surface area contributed by atoms with Gasteiger partial charge in [0.05, 0.1) is 32.0 Å². The normalized spacial score (nSPS) is 17.2. The average molecular weight is 1430 g/mol. The fourth-order valence-corrected chi connectivity index (χ4v) is 14.3. The second-order valence-corrected chi connectivity index (χ2v) is 30.9. The minimum Gasteiger partial charge on any atom is -0.466 e. The first-order chi connectivity index (χ1) is 49.7. The van der Waals surface area contributed by atoms with Crippen LogP contribution in [0.1, 0.15) is 450 Å². The van der Waals surface area contributed by atoms with Gasteiger partial charge < -0.3 is 45.1 Å². The van der Waals surface area contributed by atoms with E-state index in [1.807, 2.05) is 6.08 Å². The summed E-state index contributed by atoms with van der Waals surface area (Å²) in [5, 5.41) is 54.6. The Morgan fingerprint density at radius 3 is 1.04 bits per heavy atom. The van der Waals surface area contributed by atoms with Gasteiger partial charge in [0, 0.05) is 12.8 Å². The van der Waals surface area contributed by atoms with Crippen molar-refractivity contribution in [2.24, 2.45) is 0 Å². The first-order valence-corrected chi connectivity index (χ1v) is 44.4. The average Bonchev–Trinajstić information content (AvgIpc) is 0.830. The Morgan fingerprint density at radius 1 is 0.366 bits per heavy atom. The number of unbranched alkanes of at least 4 members (excludes halogenated alkanes) is 60. The molecule has 0 aromatic carbocycles. The number of amides is 1. The van der Waals surface area contributed by atoms with E-state index in [1.54, 1.807) is 6.08 Å². The van der Waals surface area contributed by atoms with Gasteiger partial charge in [0.25, 0.3) is 0 Å². The molecule has 1 heterocycles. The molecule has 1 saturated heterocycles. The van der Waals surface area contributed by atoms with Crippen LogP contribution in [0.4, 0.5) is 0 Å². The molecule has 7 atom stereocenters. The standard InChI is InChI=1S/C90H169NO10/c1-3-5-7-9-11-13-15-17-19-20-42-46-50-54-58-62-66-70-74-78-86(95)99-79-75-71-67-63-59-55-51-47-44-41-39-37-35-33-31-29-27-25-23-21-22-24-26-28-30-32-34-36-38-40-43-45-49-53-57-61-65-69-73-77-85(94)91-82(81-100-90-89(98)88(97)87(96)84(80-92)101-90)83(93)76-72-68-64-60-56-52-48-18-16-14-12-10-8-6-4-2/h21-22,25,27,56,60,72,76,82-84,87-90,92-93,96-98H,3-20,23-24,26,28-55,57-59,61-71,73-75,77-81H2,1-2H3,(H,91,94)/b22-21-,27-25-,60-56+,76-72+. The summed E-state index contributed by atoms with van der Waals surface area (Å²) in [5.74, 6) is -0.166. The topological polar surface area (TPSA) is 175 Å². The molecule has 1 amide bonds. The van der Waals surface area contributed by atoms with Crippen molar-refractivity contribution in [1.29, 1.82) is 0 Å². The van der Waals surface area contributed by atoms with Crippen LogP contribution in [0.3, 0.4) is 0 Å².